The van der Waals surface area contributed by atoms with Gasteiger partial charge in [0.15, 0.2) is 5.11 Å². The van der Waals surface area contributed by atoms with Crippen LogP contribution in [0.4, 0.5) is 17.1 Å². The zero-order valence-corrected chi connectivity index (χ0v) is 15.7. The Kier molecular flexibility index (Phi) is 5.46. The fourth-order valence-electron chi connectivity index (χ4n) is 2.61. The van der Waals surface area contributed by atoms with Gasteiger partial charge in [0, 0.05) is 41.8 Å². The normalized spacial score (nSPS) is 10.6. The van der Waals surface area contributed by atoms with Gasteiger partial charge in [0.25, 0.3) is 5.69 Å². The largest absolute Gasteiger partial charge is 0.332 e. The first-order valence-corrected chi connectivity index (χ1v) is 8.73. The van der Waals surface area contributed by atoms with Crippen LogP contribution in [0.2, 0.25) is 0 Å². The molecule has 0 saturated heterocycles. The highest BCUT2D eigenvalue weighted by molar-refractivity contribution is 7.80. The molecule has 2 aromatic heterocycles. The molecular weight excluding hydrogens is 366 g/mol. The maximum absolute atomic E-state index is 10.7. The van der Waals surface area contributed by atoms with E-state index in [9.17, 15) is 10.1 Å². The number of thiocarbonyl (C=S) groups is 1. The maximum Gasteiger partial charge on any atom is 0.269 e. The first-order valence-electron chi connectivity index (χ1n) is 8.32. The van der Waals surface area contributed by atoms with E-state index in [0.717, 1.165) is 23.5 Å². The van der Waals surface area contributed by atoms with E-state index in [2.05, 4.69) is 27.8 Å². The van der Waals surface area contributed by atoms with E-state index in [1.165, 1.54) is 12.1 Å². The van der Waals surface area contributed by atoms with Crippen molar-refractivity contribution in [1.29, 1.82) is 0 Å². The topological polar surface area (TPSA) is 103 Å². The van der Waals surface area contributed by atoms with E-state index in [4.69, 9.17) is 12.2 Å². The Bertz CT molecular complexity index is 962. The van der Waals surface area contributed by atoms with Gasteiger partial charge < -0.3 is 10.6 Å². The Morgan fingerprint density at radius 3 is 2.52 bits per heavy atom. The molecule has 3 aromatic rings. The molecule has 0 aliphatic rings. The summed E-state index contributed by atoms with van der Waals surface area (Å²) in [5.74, 6) is 0. The van der Waals surface area contributed by atoms with Crippen molar-refractivity contribution in [1.82, 2.24) is 19.6 Å². The summed E-state index contributed by atoms with van der Waals surface area (Å²) in [5.41, 5.74) is 3.67. The number of nitro groups is 1. The Labute approximate surface area is 161 Å². The molecule has 10 heteroatoms. The zero-order chi connectivity index (χ0) is 19.4. The number of non-ortho nitro benzene ring substituents is 1. The Morgan fingerprint density at radius 1 is 1.19 bits per heavy atom. The van der Waals surface area contributed by atoms with Gasteiger partial charge in [-0.1, -0.05) is 0 Å². The quantitative estimate of drug-likeness (QED) is 0.382. The van der Waals surface area contributed by atoms with Gasteiger partial charge in [-0.25, -0.2) is 0 Å². The minimum atomic E-state index is -0.444. The third-order valence-electron chi connectivity index (χ3n) is 4.06. The van der Waals surface area contributed by atoms with Crippen molar-refractivity contribution in [2.45, 2.75) is 26.9 Å². The van der Waals surface area contributed by atoms with Crippen molar-refractivity contribution in [2.24, 2.45) is 0 Å². The van der Waals surface area contributed by atoms with Crippen molar-refractivity contribution >= 4 is 34.4 Å². The van der Waals surface area contributed by atoms with Gasteiger partial charge >= 0.3 is 0 Å². The number of nitrogens with zero attached hydrogens (tertiary/aromatic N) is 5. The van der Waals surface area contributed by atoms with Crippen molar-refractivity contribution in [3.8, 4) is 0 Å². The molecule has 0 fully saturated rings. The Balaban J connectivity index is 1.58. The fraction of sp³-hybridized carbons (Fsp3) is 0.235. The monoisotopic (exact) mass is 385 g/mol. The number of aryl methyl sites for hydroxylation is 1. The van der Waals surface area contributed by atoms with Crippen LogP contribution < -0.4 is 10.6 Å². The van der Waals surface area contributed by atoms with E-state index in [-0.39, 0.29) is 5.69 Å². The summed E-state index contributed by atoms with van der Waals surface area (Å²) < 4.78 is 3.75. The molecule has 9 nitrogen and oxygen atoms in total. The number of hydrogen-bond donors (Lipinski definition) is 2. The van der Waals surface area contributed by atoms with Crippen LogP contribution in [0.5, 0.6) is 0 Å². The molecule has 140 valence electrons. The van der Waals surface area contributed by atoms with Crippen molar-refractivity contribution in [3.63, 3.8) is 0 Å². The van der Waals surface area contributed by atoms with Crippen LogP contribution in [0.1, 0.15) is 18.2 Å². The van der Waals surface area contributed by atoms with Gasteiger partial charge in [-0.05, 0) is 38.2 Å². The number of benzene rings is 1. The average Bonchev–Trinajstić information content (AvgIpc) is 3.22. The van der Waals surface area contributed by atoms with E-state index in [1.54, 1.807) is 23.0 Å². The van der Waals surface area contributed by atoms with Gasteiger partial charge in [-0.3, -0.25) is 19.5 Å². The standard InChI is InChI=1S/C17H19N7O2S/c1-3-23-12(2)13(8-19-23)10-22-11-15(9-18-22)21-17(27)20-14-4-6-16(7-5-14)24(25)26/h4-9,11H,3,10H2,1-2H3,(H2,20,21,27). The molecule has 0 unspecified atom stereocenters. The molecule has 2 heterocycles. The highest BCUT2D eigenvalue weighted by Gasteiger charge is 2.08. The molecule has 2 N–H and O–H groups in total. The average molecular weight is 385 g/mol. The van der Waals surface area contributed by atoms with Crippen LogP contribution in [0.15, 0.2) is 42.9 Å². The summed E-state index contributed by atoms with van der Waals surface area (Å²) in [6.45, 7) is 5.55. The van der Waals surface area contributed by atoms with Crippen molar-refractivity contribution in [2.75, 3.05) is 10.6 Å². The molecule has 0 spiro atoms. The summed E-state index contributed by atoms with van der Waals surface area (Å²) in [4.78, 5) is 10.2. The lowest BCUT2D eigenvalue weighted by atomic mass is 10.2. The maximum atomic E-state index is 10.7. The van der Waals surface area contributed by atoms with Crippen LogP contribution in [0, 0.1) is 17.0 Å². The van der Waals surface area contributed by atoms with Crippen molar-refractivity contribution in [3.05, 3.63) is 64.2 Å². The van der Waals surface area contributed by atoms with E-state index >= 15 is 0 Å². The van der Waals surface area contributed by atoms with Gasteiger partial charge in [-0.2, -0.15) is 10.2 Å². The first-order chi connectivity index (χ1) is 13.0. The van der Waals surface area contributed by atoms with E-state index in [1.807, 2.05) is 24.0 Å². The Hall–Kier alpha value is -3.27. The van der Waals surface area contributed by atoms with Gasteiger partial charge in [0.05, 0.1) is 29.5 Å². The second-order valence-electron chi connectivity index (χ2n) is 5.88. The molecular formula is C17H19N7O2S. The van der Waals surface area contributed by atoms with E-state index < -0.39 is 4.92 Å². The van der Waals surface area contributed by atoms with Crippen LogP contribution >= 0.6 is 12.2 Å². The summed E-state index contributed by atoms with van der Waals surface area (Å²) >= 11 is 5.27. The summed E-state index contributed by atoms with van der Waals surface area (Å²) in [6, 6.07) is 6.04. The molecule has 0 bridgehead atoms. The first kappa shape index (κ1) is 18.5. The molecule has 0 amide bonds. The molecule has 0 atom stereocenters. The van der Waals surface area contributed by atoms with Gasteiger partial charge in [0.1, 0.15) is 0 Å². The number of nitrogens with one attached hydrogen (secondary N) is 2. The van der Waals surface area contributed by atoms with Crippen LogP contribution in [-0.2, 0) is 13.1 Å². The molecule has 0 aliphatic carbocycles. The summed E-state index contributed by atoms with van der Waals surface area (Å²) in [5, 5.41) is 25.8. The predicted molar refractivity (Wildman–Crippen MR) is 107 cm³/mol. The third-order valence-corrected chi connectivity index (χ3v) is 4.27. The van der Waals surface area contributed by atoms with Gasteiger partial charge in [0.2, 0.25) is 0 Å². The number of aromatic nitrogens is 4. The molecule has 27 heavy (non-hydrogen) atoms. The SMILES string of the molecule is CCn1ncc(Cn2cc(NC(=S)Nc3ccc([N+](=O)[O-])cc3)cn2)c1C. The summed E-state index contributed by atoms with van der Waals surface area (Å²) in [6.07, 6.45) is 5.39. The Morgan fingerprint density at radius 2 is 1.89 bits per heavy atom. The third kappa shape index (κ3) is 4.47. The predicted octanol–water partition coefficient (Wildman–Crippen LogP) is 3.17. The van der Waals surface area contributed by atoms with Crippen LogP contribution in [0.25, 0.3) is 0 Å². The molecule has 0 radical (unpaired) electrons. The molecule has 3 rings (SSSR count). The van der Waals surface area contributed by atoms with Crippen LogP contribution in [0.3, 0.4) is 0 Å². The fourth-order valence-corrected chi connectivity index (χ4v) is 2.84. The molecule has 0 saturated carbocycles. The minimum Gasteiger partial charge on any atom is -0.332 e. The number of hydrogen-bond acceptors (Lipinski definition) is 5. The number of nitro benzene ring substituents is 1. The lowest BCUT2D eigenvalue weighted by molar-refractivity contribution is -0.384. The smallest absolute Gasteiger partial charge is 0.269 e. The van der Waals surface area contributed by atoms with Gasteiger partial charge in [-0.15, -0.1) is 0 Å². The summed E-state index contributed by atoms with van der Waals surface area (Å²) in [7, 11) is 0. The zero-order valence-electron chi connectivity index (χ0n) is 14.9. The lowest BCUT2D eigenvalue weighted by Crippen LogP contribution is -2.18. The molecule has 0 aliphatic heterocycles. The second-order valence-corrected chi connectivity index (χ2v) is 6.29. The highest BCUT2D eigenvalue weighted by Crippen LogP contribution is 2.16. The number of anilines is 2. The van der Waals surface area contributed by atoms with Crippen LogP contribution in [-0.4, -0.2) is 29.6 Å². The number of rotatable bonds is 6. The van der Waals surface area contributed by atoms with E-state index in [0.29, 0.717) is 17.3 Å². The molecule has 1 aromatic carbocycles. The minimum absolute atomic E-state index is 0.0300. The van der Waals surface area contributed by atoms with Crippen molar-refractivity contribution < 1.29 is 4.92 Å². The lowest BCUT2D eigenvalue weighted by Gasteiger charge is -2.08. The highest BCUT2D eigenvalue weighted by atomic mass is 32.1. The second kappa shape index (κ2) is 7.96.